The number of hydrogen-bond donors (Lipinski definition) is 1. The second-order valence-electron chi connectivity index (χ2n) is 12.4. The third kappa shape index (κ3) is 8.60. The van der Waals surface area contributed by atoms with E-state index in [1.165, 1.54) is 26.1 Å². The predicted molar refractivity (Wildman–Crippen MR) is 188 cm³/mol. The number of ether oxygens (including phenoxy) is 2. The van der Waals surface area contributed by atoms with Crippen LogP contribution in [0.25, 0.3) is 5.69 Å². The number of rotatable bonds is 10. The number of aliphatic hydroxyl groups is 1. The van der Waals surface area contributed by atoms with Gasteiger partial charge in [-0.3, -0.25) is 9.52 Å². The molecule has 11 nitrogen and oxygen atoms in total. The maximum atomic E-state index is 11.9. The average Bonchev–Trinajstić information content (AvgIpc) is 3.84. The fourth-order valence-corrected chi connectivity index (χ4v) is 6.33. The van der Waals surface area contributed by atoms with Crippen molar-refractivity contribution in [3.8, 4) is 11.6 Å². The van der Waals surface area contributed by atoms with Crippen LogP contribution in [0.4, 0.5) is 10.5 Å². The molecule has 1 fully saturated rings. The third-order valence-corrected chi connectivity index (χ3v) is 9.50. The molecule has 0 radical (unpaired) electrons. The van der Waals surface area contributed by atoms with E-state index in [0.717, 1.165) is 40.6 Å². The summed E-state index contributed by atoms with van der Waals surface area (Å²) in [5.41, 5.74) is 2.42. The number of methoxy groups -OCH3 is 1. The summed E-state index contributed by atoms with van der Waals surface area (Å²) in [7, 11) is 2.68. The van der Waals surface area contributed by atoms with E-state index >= 15 is 0 Å². The molecule has 0 saturated heterocycles. The molecule has 0 spiro atoms. The molecule has 2 atom stereocenters. The van der Waals surface area contributed by atoms with E-state index in [1.54, 1.807) is 52.2 Å². The van der Waals surface area contributed by atoms with Crippen molar-refractivity contribution in [2.24, 2.45) is 11.3 Å². The minimum absolute atomic E-state index is 0.143. The first kappa shape index (κ1) is 35.9. The Labute approximate surface area is 295 Å². The van der Waals surface area contributed by atoms with Crippen LogP contribution in [0, 0.1) is 11.3 Å². The van der Waals surface area contributed by atoms with E-state index in [0.29, 0.717) is 23.1 Å². The number of carbonyl (C=O) groups is 1. The van der Waals surface area contributed by atoms with E-state index in [9.17, 15) is 9.90 Å². The molecule has 2 heterocycles. The number of halogens is 2. The Morgan fingerprint density at radius 3 is 2.35 bits per heavy atom. The van der Waals surface area contributed by atoms with Gasteiger partial charge in [0.25, 0.3) is 0 Å². The van der Waals surface area contributed by atoms with E-state index < -0.39 is 11.7 Å². The predicted octanol–water partition coefficient (Wildman–Crippen LogP) is 7.58. The van der Waals surface area contributed by atoms with Crippen molar-refractivity contribution in [3.05, 3.63) is 119 Å². The number of hydrogen-bond acceptors (Lipinski definition) is 8. The molecular weight excluding hydrogens is 667 g/mol. The smallest absolute Gasteiger partial charge is 0.438 e. The summed E-state index contributed by atoms with van der Waals surface area (Å²) >= 11 is 11.9. The van der Waals surface area contributed by atoms with Crippen LogP contribution in [0.15, 0.2) is 97.7 Å². The Morgan fingerprint density at radius 2 is 1.69 bits per heavy atom. The normalized spacial score (nSPS) is 18.0. The van der Waals surface area contributed by atoms with Crippen molar-refractivity contribution >= 4 is 35.0 Å². The standard InChI is InChI=1S/C19H18ClN3O4.C17H22ClN3O/c1-25-19(24)23(26-2)17-6-4-3-5-14(17)13-27-18-11-12-22(21-18)16-9-7-15(20)8-10-16;1-16(2)8-7-14(9-13-3-5-15(18)6-4-13)17(16,22)10-21-12-19-11-20-21/h3-12H,13H2,1-2H3;3-6,11-12,14,22H,7-10H2,1-2H3. The van der Waals surface area contributed by atoms with Crippen LogP contribution in [-0.4, -0.2) is 55.6 Å². The van der Waals surface area contributed by atoms with Crippen molar-refractivity contribution in [1.82, 2.24) is 24.5 Å². The molecule has 49 heavy (non-hydrogen) atoms. The van der Waals surface area contributed by atoms with Gasteiger partial charge in [-0.05, 0) is 78.6 Å². The third-order valence-electron chi connectivity index (χ3n) is 8.99. The first-order chi connectivity index (χ1) is 23.5. The topological polar surface area (TPSA) is 117 Å². The highest BCUT2D eigenvalue weighted by molar-refractivity contribution is 6.30. The van der Waals surface area contributed by atoms with Crippen molar-refractivity contribution in [1.29, 1.82) is 0 Å². The summed E-state index contributed by atoms with van der Waals surface area (Å²) < 4.78 is 13.9. The number of para-hydroxylation sites is 1. The number of anilines is 1. The quantitative estimate of drug-likeness (QED) is 0.148. The van der Waals surface area contributed by atoms with Gasteiger partial charge in [0, 0.05) is 27.9 Å². The van der Waals surface area contributed by atoms with Crippen LogP contribution in [0.5, 0.6) is 5.88 Å². The SMILES string of the molecule is CC1(C)CCC(Cc2ccc(Cl)cc2)C1(O)Cn1cncn1.COC(=O)N(OC)c1ccccc1COc1ccn(-c2ccc(Cl)cc2)n1. The Balaban J connectivity index is 0.000000195. The second kappa shape index (κ2) is 15.9. The highest BCUT2D eigenvalue weighted by atomic mass is 35.5. The van der Waals surface area contributed by atoms with Gasteiger partial charge in [-0.1, -0.05) is 67.4 Å². The fraction of sp³-hybridized carbons (Fsp3) is 0.333. The number of hydroxylamine groups is 1. The molecule has 1 amide bonds. The van der Waals surface area contributed by atoms with Gasteiger partial charge in [-0.25, -0.2) is 14.5 Å². The van der Waals surface area contributed by atoms with Crippen LogP contribution in [-0.2, 0) is 29.1 Å². The monoisotopic (exact) mass is 706 g/mol. The van der Waals surface area contributed by atoms with Gasteiger partial charge in [-0.15, -0.1) is 5.10 Å². The molecule has 5 aromatic rings. The summed E-state index contributed by atoms with van der Waals surface area (Å²) in [5, 5.41) is 22.5. The van der Waals surface area contributed by atoms with E-state index in [2.05, 4.69) is 29.0 Å². The van der Waals surface area contributed by atoms with Crippen molar-refractivity contribution in [2.45, 2.75) is 51.9 Å². The lowest BCUT2D eigenvalue weighted by molar-refractivity contribution is -0.0907. The molecule has 0 aliphatic heterocycles. The maximum Gasteiger partial charge on any atom is 0.438 e. The van der Waals surface area contributed by atoms with Gasteiger partial charge in [-0.2, -0.15) is 10.2 Å². The lowest BCUT2D eigenvalue weighted by atomic mass is 9.72. The fourth-order valence-electron chi connectivity index (χ4n) is 6.08. The zero-order valence-electron chi connectivity index (χ0n) is 27.9. The molecule has 13 heteroatoms. The van der Waals surface area contributed by atoms with Gasteiger partial charge >= 0.3 is 6.09 Å². The lowest BCUT2D eigenvalue weighted by Crippen LogP contribution is -2.49. The zero-order valence-corrected chi connectivity index (χ0v) is 29.4. The molecule has 1 N–H and O–H groups in total. The molecule has 258 valence electrons. The summed E-state index contributed by atoms with van der Waals surface area (Å²) in [6.45, 7) is 4.97. The van der Waals surface area contributed by atoms with Gasteiger partial charge in [0.1, 0.15) is 19.3 Å². The molecule has 6 rings (SSSR count). The van der Waals surface area contributed by atoms with Crippen molar-refractivity contribution in [3.63, 3.8) is 0 Å². The van der Waals surface area contributed by atoms with E-state index in [1.807, 2.05) is 48.5 Å². The number of amides is 1. The average molecular weight is 708 g/mol. The number of benzene rings is 3. The molecule has 1 aliphatic carbocycles. The molecule has 2 unspecified atom stereocenters. The van der Waals surface area contributed by atoms with Crippen LogP contribution in [0.3, 0.4) is 0 Å². The Bertz CT molecular complexity index is 1800. The molecule has 1 saturated carbocycles. The summed E-state index contributed by atoms with van der Waals surface area (Å²) in [4.78, 5) is 21.0. The van der Waals surface area contributed by atoms with Crippen molar-refractivity contribution in [2.75, 3.05) is 19.3 Å². The first-order valence-corrected chi connectivity index (χ1v) is 16.5. The molecule has 0 bridgehead atoms. The Kier molecular flexibility index (Phi) is 11.6. The number of carbonyl (C=O) groups excluding carboxylic acids is 1. The Hall–Kier alpha value is -4.42. The minimum Gasteiger partial charge on any atom is -0.472 e. The lowest BCUT2D eigenvalue weighted by Gasteiger charge is -2.40. The van der Waals surface area contributed by atoms with Crippen LogP contribution in [0.2, 0.25) is 10.0 Å². The number of nitrogens with zero attached hydrogens (tertiary/aromatic N) is 6. The number of aromatic nitrogens is 5. The maximum absolute atomic E-state index is 11.9. The van der Waals surface area contributed by atoms with Crippen LogP contribution >= 0.6 is 23.2 Å². The van der Waals surface area contributed by atoms with Crippen molar-refractivity contribution < 1.29 is 24.2 Å². The van der Waals surface area contributed by atoms with E-state index in [4.69, 9.17) is 37.5 Å². The highest BCUT2D eigenvalue weighted by Crippen LogP contribution is 2.51. The van der Waals surface area contributed by atoms with Gasteiger partial charge < -0.3 is 14.6 Å². The van der Waals surface area contributed by atoms with Gasteiger partial charge in [0.15, 0.2) is 0 Å². The van der Waals surface area contributed by atoms with Gasteiger partial charge in [0.05, 0.1) is 37.7 Å². The first-order valence-electron chi connectivity index (χ1n) is 15.8. The van der Waals surface area contributed by atoms with Gasteiger partial charge in [0.2, 0.25) is 5.88 Å². The largest absolute Gasteiger partial charge is 0.472 e. The molecule has 3 aromatic carbocycles. The van der Waals surface area contributed by atoms with Crippen LogP contribution < -0.4 is 9.80 Å². The minimum atomic E-state index is -0.791. The summed E-state index contributed by atoms with van der Waals surface area (Å²) in [6.07, 6.45) is 7.23. The highest BCUT2D eigenvalue weighted by Gasteiger charge is 2.54. The zero-order chi connectivity index (χ0) is 35.0. The summed E-state index contributed by atoms with van der Waals surface area (Å²) in [6, 6.07) is 24.2. The molecule has 2 aromatic heterocycles. The molecular formula is C36H40Cl2N6O5. The summed E-state index contributed by atoms with van der Waals surface area (Å²) in [5.74, 6) is 0.648. The molecule has 1 aliphatic rings. The van der Waals surface area contributed by atoms with E-state index in [-0.39, 0.29) is 17.9 Å². The van der Waals surface area contributed by atoms with Crippen LogP contribution in [0.1, 0.15) is 37.8 Å². The Morgan fingerprint density at radius 1 is 1.00 bits per heavy atom. The second-order valence-corrected chi connectivity index (χ2v) is 13.3.